The van der Waals surface area contributed by atoms with Gasteiger partial charge in [-0.15, -0.1) is 11.6 Å². The van der Waals surface area contributed by atoms with Crippen molar-refractivity contribution in [3.63, 3.8) is 0 Å². The average Bonchev–Trinajstić information content (AvgIpc) is 2.82. The summed E-state index contributed by atoms with van der Waals surface area (Å²) in [5, 5.41) is 4.48. The summed E-state index contributed by atoms with van der Waals surface area (Å²) in [5.41, 5.74) is 1.77. The summed E-state index contributed by atoms with van der Waals surface area (Å²) in [6.07, 6.45) is 8.98. The number of hydrogen-bond acceptors (Lipinski definition) is 1. The Labute approximate surface area is 90.3 Å². The normalized spacial score (nSPS) is 20.8. The molecule has 0 aromatic carbocycles. The number of halogens is 1. The van der Waals surface area contributed by atoms with Crippen molar-refractivity contribution in [2.45, 2.75) is 38.0 Å². The molecule has 0 aliphatic heterocycles. The van der Waals surface area contributed by atoms with Gasteiger partial charge in [-0.2, -0.15) is 5.10 Å². The van der Waals surface area contributed by atoms with Crippen molar-refractivity contribution >= 4 is 11.6 Å². The zero-order valence-corrected chi connectivity index (χ0v) is 9.59. The van der Waals surface area contributed by atoms with Crippen molar-refractivity contribution in [2.24, 2.45) is 12.5 Å². The fourth-order valence-corrected chi connectivity index (χ4v) is 2.33. The topological polar surface area (TPSA) is 17.8 Å². The lowest BCUT2D eigenvalue weighted by Crippen LogP contribution is -2.13. The van der Waals surface area contributed by atoms with Gasteiger partial charge in [0.15, 0.2) is 0 Å². The average molecular weight is 213 g/mol. The maximum Gasteiger partial charge on any atom is 0.0521 e. The Balaban J connectivity index is 1.89. The molecule has 0 spiro atoms. The SMILES string of the molecule is CC(Cl)C1(CCc2cnn(C)c2)CC1. The molecule has 1 heterocycles. The predicted molar refractivity (Wildman–Crippen MR) is 58.5 cm³/mol. The second kappa shape index (κ2) is 3.58. The Kier molecular flexibility index (Phi) is 2.56. The summed E-state index contributed by atoms with van der Waals surface area (Å²) in [7, 11) is 1.96. The van der Waals surface area contributed by atoms with E-state index in [0.717, 1.165) is 6.42 Å². The van der Waals surface area contributed by atoms with Gasteiger partial charge in [-0.05, 0) is 43.6 Å². The molecule has 2 rings (SSSR count). The molecule has 1 aliphatic carbocycles. The smallest absolute Gasteiger partial charge is 0.0521 e. The van der Waals surface area contributed by atoms with Crippen LogP contribution in [0, 0.1) is 5.41 Å². The van der Waals surface area contributed by atoms with Crippen molar-refractivity contribution < 1.29 is 0 Å². The van der Waals surface area contributed by atoms with Crippen LogP contribution in [-0.4, -0.2) is 15.2 Å². The summed E-state index contributed by atoms with van der Waals surface area (Å²) in [5.74, 6) is 0. The highest BCUT2D eigenvalue weighted by Gasteiger charge is 2.45. The summed E-state index contributed by atoms with van der Waals surface area (Å²) in [4.78, 5) is 0. The van der Waals surface area contributed by atoms with Gasteiger partial charge in [0.1, 0.15) is 0 Å². The highest BCUT2D eigenvalue weighted by molar-refractivity contribution is 6.21. The number of aromatic nitrogens is 2. The first kappa shape index (κ1) is 10.0. The Morgan fingerprint density at radius 3 is 2.79 bits per heavy atom. The Bertz CT molecular complexity index is 313. The van der Waals surface area contributed by atoms with Gasteiger partial charge in [0.25, 0.3) is 0 Å². The first-order chi connectivity index (χ1) is 6.62. The number of nitrogens with zero attached hydrogens (tertiary/aromatic N) is 2. The molecule has 2 nitrogen and oxygen atoms in total. The van der Waals surface area contributed by atoms with E-state index >= 15 is 0 Å². The molecule has 0 radical (unpaired) electrons. The molecule has 1 aromatic heterocycles. The third-order valence-electron chi connectivity index (χ3n) is 3.41. The van der Waals surface area contributed by atoms with Gasteiger partial charge in [-0.1, -0.05) is 0 Å². The fourth-order valence-electron chi connectivity index (χ4n) is 2.00. The number of hydrogen-bond donors (Lipinski definition) is 0. The predicted octanol–water partition coefficient (Wildman–Crippen LogP) is 2.76. The molecule has 78 valence electrons. The van der Waals surface area contributed by atoms with Crippen molar-refractivity contribution in [1.82, 2.24) is 9.78 Å². The molecule has 0 saturated heterocycles. The maximum atomic E-state index is 6.18. The maximum absolute atomic E-state index is 6.18. The van der Waals surface area contributed by atoms with Gasteiger partial charge >= 0.3 is 0 Å². The van der Waals surface area contributed by atoms with E-state index in [-0.39, 0.29) is 0 Å². The molecule has 1 aliphatic rings. The van der Waals surface area contributed by atoms with Crippen LogP contribution in [0.5, 0.6) is 0 Å². The quantitative estimate of drug-likeness (QED) is 0.702. The lowest BCUT2D eigenvalue weighted by Gasteiger charge is -2.16. The first-order valence-corrected chi connectivity index (χ1v) is 5.68. The summed E-state index contributed by atoms with van der Waals surface area (Å²) >= 11 is 6.18. The van der Waals surface area contributed by atoms with Gasteiger partial charge < -0.3 is 0 Å². The van der Waals surface area contributed by atoms with Gasteiger partial charge in [0.2, 0.25) is 0 Å². The van der Waals surface area contributed by atoms with Crippen LogP contribution in [0.2, 0.25) is 0 Å². The summed E-state index contributed by atoms with van der Waals surface area (Å²) in [6.45, 7) is 2.12. The number of rotatable bonds is 4. The van der Waals surface area contributed by atoms with Gasteiger partial charge in [0.05, 0.1) is 6.20 Å². The third-order valence-corrected chi connectivity index (χ3v) is 3.87. The van der Waals surface area contributed by atoms with Crippen molar-refractivity contribution in [3.05, 3.63) is 18.0 Å². The summed E-state index contributed by atoms with van der Waals surface area (Å²) < 4.78 is 1.86. The van der Waals surface area contributed by atoms with E-state index < -0.39 is 0 Å². The van der Waals surface area contributed by atoms with E-state index in [2.05, 4.69) is 18.2 Å². The van der Waals surface area contributed by atoms with Crippen LogP contribution in [0.3, 0.4) is 0 Å². The van der Waals surface area contributed by atoms with Crippen LogP contribution in [0.4, 0.5) is 0 Å². The molecular weight excluding hydrogens is 196 g/mol. The van der Waals surface area contributed by atoms with E-state index in [9.17, 15) is 0 Å². The zero-order chi connectivity index (χ0) is 10.2. The molecule has 0 N–H and O–H groups in total. The van der Waals surface area contributed by atoms with Crippen molar-refractivity contribution in [3.8, 4) is 0 Å². The number of aryl methyl sites for hydroxylation is 2. The largest absolute Gasteiger partial charge is 0.276 e. The lowest BCUT2D eigenvalue weighted by molar-refractivity contribution is 0.457. The van der Waals surface area contributed by atoms with Crippen LogP contribution in [0.1, 0.15) is 31.7 Å². The number of alkyl halides is 1. The molecule has 0 amide bonds. The van der Waals surface area contributed by atoms with Gasteiger partial charge in [-0.25, -0.2) is 0 Å². The Morgan fingerprint density at radius 2 is 2.36 bits per heavy atom. The molecule has 1 unspecified atom stereocenters. The van der Waals surface area contributed by atoms with Gasteiger partial charge in [0, 0.05) is 18.6 Å². The van der Waals surface area contributed by atoms with E-state index in [1.54, 1.807) is 0 Å². The molecular formula is C11H17ClN2. The lowest BCUT2D eigenvalue weighted by atomic mass is 9.95. The minimum Gasteiger partial charge on any atom is -0.276 e. The molecule has 1 saturated carbocycles. The van der Waals surface area contributed by atoms with E-state index in [1.807, 2.05) is 17.9 Å². The molecule has 1 atom stereocenters. The minimum atomic E-state index is 0.319. The molecule has 0 bridgehead atoms. The van der Waals surface area contributed by atoms with Crippen LogP contribution < -0.4 is 0 Å². The summed E-state index contributed by atoms with van der Waals surface area (Å²) in [6, 6.07) is 0. The molecule has 14 heavy (non-hydrogen) atoms. The molecule has 3 heteroatoms. The van der Waals surface area contributed by atoms with Crippen LogP contribution in [0.15, 0.2) is 12.4 Å². The third kappa shape index (κ3) is 1.95. The highest BCUT2D eigenvalue weighted by Crippen LogP contribution is 2.54. The highest BCUT2D eigenvalue weighted by atomic mass is 35.5. The second-order valence-electron chi connectivity index (χ2n) is 4.50. The van der Waals surface area contributed by atoms with Crippen molar-refractivity contribution in [1.29, 1.82) is 0 Å². The Morgan fingerprint density at radius 1 is 1.64 bits per heavy atom. The first-order valence-electron chi connectivity index (χ1n) is 5.24. The fraction of sp³-hybridized carbons (Fsp3) is 0.727. The monoisotopic (exact) mass is 212 g/mol. The minimum absolute atomic E-state index is 0.319. The Hall–Kier alpha value is -0.500. The second-order valence-corrected chi connectivity index (χ2v) is 5.16. The van der Waals surface area contributed by atoms with Crippen LogP contribution in [0.25, 0.3) is 0 Å². The van der Waals surface area contributed by atoms with E-state index in [0.29, 0.717) is 10.8 Å². The van der Waals surface area contributed by atoms with Crippen LogP contribution >= 0.6 is 11.6 Å². The van der Waals surface area contributed by atoms with Gasteiger partial charge in [-0.3, -0.25) is 4.68 Å². The van der Waals surface area contributed by atoms with E-state index in [4.69, 9.17) is 11.6 Å². The van der Waals surface area contributed by atoms with E-state index in [1.165, 1.54) is 24.8 Å². The van der Waals surface area contributed by atoms with Crippen molar-refractivity contribution in [2.75, 3.05) is 0 Å². The zero-order valence-electron chi connectivity index (χ0n) is 8.83. The van der Waals surface area contributed by atoms with Crippen LogP contribution in [-0.2, 0) is 13.5 Å². The molecule has 1 fully saturated rings. The molecule has 1 aromatic rings. The standard InChI is InChI=1S/C11H17ClN2/c1-9(12)11(5-6-11)4-3-10-7-13-14(2)8-10/h7-9H,3-6H2,1-2H3.